The van der Waals surface area contributed by atoms with Gasteiger partial charge in [-0.3, -0.25) is 0 Å². The van der Waals surface area contributed by atoms with E-state index in [9.17, 15) is 0 Å². The van der Waals surface area contributed by atoms with Crippen molar-refractivity contribution < 1.29 is 0 Å². The zero-order valence-electron chi connectivity index (χ0n) is 12.3. The maximum atomic E-state index is 4.68. The fourth-order valence-corrected chi connectivity index (χ4v) is 2.22. The lowest BCUT2D eigenvalue weighted by Crippen LogP contribution is -2.36. The van der Waals surface area contributed by atoms with Gasteiger partial charge in [0.25, 0.3) is 0 Å². The molecule has 0 radical (unpaired) electrons. The van der Waals surface area contributed by atoms with Crippen LogP contribution in [0.15, 0.2) is 12.3 Å². The highest BCUT2D eigenvalue weighted by molar-refractivity contribution is 5.32. The Kier molecular flexibility index (Phi) is 6.69. The van der Waals surface area contributed by atoms with Crippen LogP contribution in [0.1, 0.15) is 59.1 Å². The second-order valence-electron chi connectivity index (χ2n) is 4.72. The molecule has 0 aromatic carbocycles. The standard InChI is InChI=1S/C15H27N3/c1-5-9-12-18(14(7-3)8-4)15-16-11-10-13(6-2)17-15/h10-11,14H,5-9,12H2,1-4H3. The molecule has 1 aromatic rings. The Labute approximate surface area is 112 Å². The van der Waals surface area contributed by atoms with Gasteiger partial charge in [-0.15, -0.1) is 0 Å². The van der Waals surface area contributed by atoms with Gasteiger partial charge in [-0.05, 0) is 31.7 Å². The van der Waals surface area contributed by atoms with Gasteiger partial charge in [0.15, 0.2) is 0 Å². The molecule has 1 heterocycles. The van der Waals surface area contributed by atoms with Crippen LogP contribution in [0.3, 0.4) is 0 Å². The maximum Gasteiger partial charge on any atom is 0.225 e. The number of unbranched alkanes of at least 4 members (excludes halogenated alkanes) is 1. The first-order valence-electron chi connectivity index (χ1n) is 7.35. The van der Waals surface area contributed by atoms with Gasteiger partial charge >= 0.3 is 0 Å². The van der Waals surface area contributed by atoms with Gasteiger partial charge in [0.1, 0.15) is 0 Å². The van der Waals surface area contributed by atoms with E-state index >= 15 is 0 Å². The number of nitrogens with zero attached hydrogens (tertiary/aromatic N) is 3. The molecular weight excluding hydrogens is 222 g/mol. The number of rotatable bonds is 8. The van der Waals surface area contributed by atoms with Crippen molar-refractivity contribution in [3.8, 4) is 0 Å². The Morgan fingerprint density at radius 3 is 2.44 bits per heavy atom. The van der Waals surface area contributed by atoms with Crippen LogP contribution in [0.5, 0.6) is 0 Å². The number of anilines is 1. The maximum absolute atomic E-state index is 4.68. The van der Waals surface area contributed by atoms with E-state index in [1.165, 1.54) is 12.8 Å². The third-order valence-electron chi connectivity index (χ3n) is 3.46. The number of aryl methyl sites for hydroxylation is 1. The highest BCUT2D eigenvalue weighted by Gasteiger charge is 2.17. The molecule has 0 saturated carbocycles. The lowest BCUT2D eigenvalue weighted by molar-refractivity contribution is 0.533. The first-order valence-corrected chi connectivity index (χ1v) is 7.35. The van der Waals surface area contributed by atoms with Crippen molar-refractivity contribution in [3.63, 3.8) is 0 Å². The number of hydrogen-bond donors (Lipinski definition) is 0. The summed E-state index contributed by atoms with van der Waals surface area (Å²) in [5.41, 5.74) is 1.13. The van der Waals surface area contributed by atoms with E-state index in [0.717, 1.165) is 37.4 Å². The zero-order valence-corrected chi connectivity index (χ0v) is 12.3. The summed E-state index contributed by atoms with van der Waals surface area (Å²) in [5, 5.41) is 0. The summed E-state index contributed by atoms with van der Waals surface area (Å²) < 4.78 is 0. The van der Waals surface area contributed by atoms with Gasteiger partial charge in [0, 0.05) is 24.5 Å². The van der Waals surface area contributed by atoms with Crippen LogP contribution >= 0.6 is 0 Å². The molecule has 0 aliphatic heterocycles. The SMILES string of the molecule is CCCCN(c1nccc(CC)n1)C(CC)CC. The summed E-state index contributed by atoms with van der Waals surface area (Å²) in [6.45, 7) is 9.93. The number of aromatic nitrogens is 2. The fourth-order valence-electron chi connectivity index (χ4n) is 2.22. The van der Waals surface area contributed by atoms with Crippen LogP contribution < -0.4 is 4.90 Å². The predicted octanol–water partition coefficient (Wildman–Crippen LogP) is 3.83. The van der Waals surface area contributed by atoms with Crippen LogP contribution in [-0.4, -0.2) is 22.6 Å². The van der Waals surface area contributed by atoms with E-state index in [-0.39, 0.29) is 0 Å². The Balaban J connectivity index is 2.92. The van der Waals surface area contributed by atoms with Crippen LogP contribution in [0.2, 0.25) is 0 Å². The van der Waals surface area contributed by atoms with E-state index in [2.05, 4.69) is 42.6 Å². The molecule has 0 atom stereocenters. The Hall–Kier alpha value is -1.12. The van der Waals surface area contributed by atoms with E-state index in [4.69, 9.17) is 0 Å². The summed E-state index contributed by atoms with van der Waals surface area (Å²) in [7, 11) is 0. The lowest BCUT2D eigenvalue weighted by atomic mass is 10.1. The minimum atomic E-state index is 0.559. The van der Waals surface area contributed by atoms with Crippen LogP contribution in [0, 0.1) is 0 Å². The first kappa shape index (κ1) is 14.9. The average Bonchev–Trinajstić information content (AvgIpc) is 2.43. The highest BCUT2D eigenvalue weighted by Crippen LogP contribution is 2.17. The summed E-state index contributed by atoms with van der Waals surface area (Å²) in [6, 6.07) is 2.57. The fraction of sp³-hybridized carbons (Fsp3) is 0.733. The van der Waals surface area contributed by atoms with Crippen LogP contribution in [0.25, 0.3) is 0 Å². The summed E-state index contributed by atoms with van der Waals surface area (Å²) >= 11 is 0. The molecule has 0 aliphatic carbocycles. The van der Waals surface area contributed by atoms with Crippen LogP contribution in [-0.2, 0) is 6.42 Å². The van der Waals surface area contributed by atoms with Gasteiger partial charge in [-0.1, -0.05) is 34.1 Å². The number of hydrogen-bond acceptors (Lipinski definition) is 3. The average molecular weight is 249 g/mol. The summed E-state index contributed by atoms with van der Waals surface area (Å²) in [4.78, 5) is 11.5. The molecule has 0 saturated heterocycles. The van der Waals surface area contributed by atoms with Crippen molar-refractivity contribution >= 4 is 5.95 Å². The third kappa shape index (κ3) is 3.97. The van der Waals surface area contributed by atoms with E-state index in [1.54, 1.807) is 0 Å². The van der Waals surface area contributed by atoms with Gasteiger partial charge in [-0.2, -0.15) is 0 Å². The molecule has 3 nitrogen and oxygen atoms in total. The van der Waals surface area contributed by atoms with Crippen molar-refractivity contribution in [2.75, 3.05) is 11.4 Å². The van der Waals surface area contributed by atoms with Crippen molar-refractivity contribution in [2.24, 2.45) is 0 Å². The smallest absolute Gasteiger partial charge is 0.225 e. The van der Waals surface area contributed by atoms with Crippen molar-refractivity contribution in [1.82, 2.24) is 9.97 Å². The largest absolute Gasteiger partial charge is 0.338 e. The molecule has 0 unspecified atom stereocenters. The van der Waals surface area contributed by atoms with Crippen LogP contribution in [0.4, 0.5) is 5.95 Å². The molecule has 3 heteroatoms. The molecule has 0 spiro atoms. The molecule has 0 aliphatic rings. The molecule has 0 amide bonds. The molecule has 0 bridgehead atoms. The molecule has 102 valence electrons. The molecular formula is C15H27N3. The Bertz CT molecular complexity index is 334. The van der Waals surface area contributed by atoms with Gasteiger partial charge in [0.05, 0.1) is 0 Å². The predicted molar refractivity (Wildman–Crippen MR) is 78.0 cm³/mol. The van der Waals surface area contributed by atoms with Gasteiger partial charge in [0.2, 0.25) is 5.95 Å². The first-order chi connectivity index (χ1) is 8.76. The van der Waals surface area contributed by atoms with Crippen molar-refractivity contribution in [3.05, 3.63) is 18.0 Å². The van der Waals surface area contributed by atoms with Crippen molar-refractivity contribution in [1.29, 1.82) is 0 Å². The quantitative estimate of drug-likeness (QED) is 0.701. The molecule has 1 rings (SSSR count). The van der Waals surface area contributed by atoms with E-state index < -0.39 is 0 Å². The molecule has 1 aromatic heterocycles. The van der Waals surface area contributed by atoms with E-state index in [1.807, 2.05) is 12.3 Å². The minimum absolute atomic E-state index is 0.559. The zero-order chi connectivity index (χ0) is 13.4. The summed E-state index contributed by atoms with van der Waals surface area (Å²) in [5.74, 6) is 0.913. The monoisotopic (exact) mass is 249 g/mol. The summed E-state index contributed by atoms with van der Waals surface area (Å²) in [6.07, 6.45) is 7.59. The molecule has 0 fully saturated rings. The Morgan fingerprint density at radius 1 is 1.17 bits per heavy atom. The van der Waals surface area contributed by atoms with Crippen molar-refractivity contribution in [2.45, 2.75) is 65.8 Å². The topological polar surface area (TPSA) is 29.0 Å². The Morgan fingerprint density at radius 2 is 1.89 bits per heavy atom. The molecule has 18 heavy (non-hydrogen) atoms. The third-order valence-corrected chi connectivity index (χ3v) is 3.46. The normalized spacial score (nSPS) is 10.9. The van der Waals surface area contributed by atoms with Gasteiger partial charge in [-0.25, -0.2) is 9.97 Å². The minimum Gasteiger partial charge on any atom is -0.338 e. The van der Waals surface area contributed by atoms with Gasteiger partial charge < -0.3 is 4.90 Å². The highest BCUT2D eigenvalue weighted by atomic mass is 15.3. The lowest BCUT2D eigenvalue weighted by Gasteiger charge is -2.30. The second kappa shape index (κ2) is 8.06. The molecule has 0 N–H and O–H groups in total. The van der Waals surface area contributed by atoms with E-state index in [0.29, 0.717) is 6.04 Å². The second-order valence-corrected chi connectivity index (χ2v) is 4.72.